The lowest BCUT2D eigenvalue weighted by atomic mass is 9.95. The smallest absolute Gasteiger partial charge is 0.308 e. The van der Waals surface area contributed by atoms with Gasteiger partial charge in [-0.15, -0.1) is 0 Å². The Bertz CT molecular complexity index is 307. The first-order valence-corrected chi connectivity index (χ1v) is 6.52. The Morgan fingerprint density at radius 2 is 1.94 bits per heavy atom. The third-order valence-corrected chi connectivity index (χ3v) is 3.52. The third kappa shape index (κ3) is 3.45. The van der Waals surface area contributed by atoms with Crippen LogP contribution in [0.3, 0.4) is 0 Å². The molecule has 0 aliphatic carbocycles. The van der Waals surface area contributed by atoms with Crippen LogP contribution in [0.15, 0.2) is 0 Å². The van der Waals surface area contributed by atoms with Crippen LogP contribution in [0.1, 0.15) is 26.7 Å². The highest BCUT2D eigenvalue weighted by atomic mass is 16.4. The van der Waals surface area contributed by atoms with Gasteiger partial charge in [0.25, 0.3) is 0 Å². The molecular formula is C13H24N2O3. The van der Waals surface area contributed by atoms with Crippen LogP contribution < -0.4 is 0 Å². The van der Waals surface area contributed by atoms with Gasteiger partial charge in [-0.3, -0.25) is 14.5 Å². The van der Waals surface area contributed by atoms with Gasteiger partial charge in [-0.2, -0.15) is 0 Å². The van der Waals surface area contributed by atoms with E-state index < -0.39 is 11.9 Å². The van der Waals surface area contributed by atoms with Crippen molar-refractivity contribution in [1.29, 1.82) is 0 Å². The van der Waals surface area contributed by atoms with E-state index in [9.17, 15) is 9.59 Å². The number of hydrogen-bond acceptors (Lipinski definition) is 3. The minimum atomic E-state index is -0.793. The van der Waals surface area contributed by atoms with Crippen LogP contribution in [0.2, 0.25) is 0 Å². The monoisotopic (exact) mass is 256 g/mol. The number of aliphatic carboxylic acids is 1. The molecule has 1 heterocycles. The second-order valence-electron chi connectivity index (χ2n) is 5.61. The lowest BCUT2D eigenvalue weighted by Gasteiger charge is -2.36. The Balaban J connectivity index is 2.73. The van der Waals surface area contributed by atoms with Crippen molar-refractivity contribution in [3.63, 3.8) is 0 Å². The molecule has 0 bridgehead atoms. The van der Waals surface area contributed by atoms with Crippen LogP contribution in [-0.4, -0.2) is 60.0 Å². The molecule has 0 radical (unpaired) electrons. The van der Waals surface area contributed by atoms with E-state index in [0.29, 0.717) is 19.5 Å². The zero-order valence-electron chi connectivity index (χ0n) is 11.7. The Labute approximate surface area is 109 Å². The SMILES string of the molecule is CC(C)[C@@H](C(=O)N1CCCC(C(=O)O)C1)N(C)C. The van der Waals surface area contributed by atoms with Gasteiger partial charge in [-0.1, -0.05) is 13.8 Å². The normalized spacial score (nSPS) is 22.3. The fraction of sp³-hybridized carbons (Fsp3) is 0.846. The molecule has 0 aromatic rings. The summed E-state index contributed by atoms with van der Waals surface area (Å²) in [6.45, 7) is 5.06. The first kappa shape index (κ1) is 15.0. The van der Waals surface area contributed by atoms with Crippen molar-refractivity contribution in [2.75, 3.05) is 27.2 Å². The summed E-state index contributed by atoms with van der Waals surface area (Å²) in [6, 6.07) is -0.169. The van der Waals surface area contributed by atoms with Gasteiger partial charge in [-0.25, -0.2) is 0 Å². The van der Waals surface area contributed by atoms with E-state index in [0.717, 1.165) is 6.42 Å². The highest BCUT2D eigenvalue weighted by Gasteiger charge is 2.33. The number of likely N-dealkylation sites (N-methyl/N-ethyl adjacent to an activating group) is 1. The van der Waals surface area contributed by atoms with Crippen molar-refractivity contribution >= 4 is 11.9 Å². The Hall–Kier alpha value is -1.10. The van der Waals surface area contributed by atoms with E-state index in [1.54, 1.807) is 4.90 Å². The maximum Gasteiger partial charge on any atom is 0.308 e. The van der Waals surface area contributed by atoms with Crippen LogP contribution in [0, 0.1) is 11.8 Å². The molecule has 5 nitrogen and oxygen atoms in total. The van der Waals surface area contributed by atoms with E-state index in [4.69, 9.17) is 5.11 Å². The van der Waals surface area contributed by atoms with Crippen molar-refractivity contribution in [3.8, 4) is 0 Å². The Morgan fingerprint density at radius 1 is 1.33 bits per heavy atom. The van der Waals surface area contributed by atoms with Crippen molar-refractivity contribution < 1.29 is 14.7 Å². The molecule has 1 N–H and O–H groups in total. The molecule has 0 spiro atoms. The standard InChI is InChI=1S/C13H24N2O3/c1-9(2)11(14(3)4)12(16)15-7-5-6-10(8-15)13(17)18/h9-11H,5-8H2,1-4H3,(H,17,18)/t10?,11-/m0/s1. The molecule has 2 atom stereocenters. The molecule has 18 heavy (non-hydrogen) atoms. The van der Waals surface area contributed by atoms with Gasteiger partial charge in [-0.05, 0) is 32.9 Å². The van der Waals surface area contributed by atoms with Crippen LogP contribution in [0.5, 0.6) is 0 Å². The predicted molar refractivity (Wildman–Crippen MR) is 69.3 cm³/mol. The molecule has 1 rings (SSSR count). The summed E-state index contributed by atoms with van der Waals surface area (Å²) < 4.78 is 0. The van der Waals surface area contributed by atoms with E-state index in [-0.39, 0.29) is 17.9 Å². The number of piperidine rings is 1. The van der Waals surface area contributed by atoms with Gasteiger partial charge in [0.15, 0.2) is 0 Å². The summed E-state index contributed by atoms with van der Waals surface area (Å²) in [6.07, 6.45) is 1.45. The summed E-state index contributed by atoms with van der Waals surface area (Å²) in [4.78, 5) is 27.1. The van der Waals surface area contributed by atoms with Crippen LogP contribution >= 0.6 is 0 Å². The Kier molecular flexibility index (Phi) is 5.14. The van der Waals surface area contributed by atoms with Gasteiger partial charge < -0.3 is 10.0 Å². The largest absolute Gasteiger partial charge is 0.481 e. The molecule has 1 aliphatic heterocycles. The number of hydrogen-bond donors (Lipinski definition) is 1. The van der Waals surface area contributed by atoms with E-state index in [1.807, 2.05) is 32.8 Å². The summed E-state index contributed by atoms with van der Waals surface area (Å²) in [7, 11) is 3.78. The van der Waals surface area contributed by atoms with Gasteiger partial charge in [0, 0.05) is 13.1 Å². The second-order valence-corrected chi connectivity index (χ2v) is 5.61. The van der Waals surface area contributed by atoms with E-state index in [1.165, 1.54) is 0 Å². The molecular weight excluding hydrogens is 232 g/mol. The average Bonchev–Trinajstić information content (AvgIpc) is 2.28. The van der Waals surface area contributed by atoms with Crippen LogP contribution in [0.25, 0.3) is 0 Å². The minimum absolute atomic E-state index is 0.0564. The average molecular weight is 256 g/mol. The van der Waals surface area contributed by atoms with Crippen molar-refractivity contribution in [3.05, 3.63) is 0 Å². The van der Waals surface area contributed by atoms with Crippen molar-refractivity contribution in [2.24, 2.45) is 11.8 Å². The highest BCUT2D eigenvalue weighted by Crippen LogP contribution is 2.20. The number of carbonyl (C=O) groups excluding carboxylic acids is 1. The Morgan fingerprint density at radius 3 is 2.39 bits per heavy atom. The number of rotatable bonds is 4. The van der Waals surface area contributed by atoms with Gasteiger partial charge in [0.1, 0.15) is 0 Å². The van der Waals surface area contributed by atoms with Gasteiger partial charge >= 0.3 is 5.97 Å². The minimum Gasteiger partial charge on any atom is -0.481 e. The molecule has 0 saturated carbocycles. The number of nitrogens with zero attached hydrogens (tertiary/aromatic N) is 2. The fourth-order valence-electron chi connectivity index (χ4n) is 2.67. The molecule has 104 valence electrons. The first-order chi connectivity index (χ1) is 8.34. The highest BCUT2D eigenvalue weighted by molar-refractivity contribution is 5.83. The van der Waals surface area contributed by atoms with Gasteiger partial charge in [0.2, 0.25) is 5.91 Å². The zero-order valence-corrected chi connectivity index (χ0v) is 11.7. The molecule has 0 aromatic heterocycles. The number of amides is 1. The van der Waals surface area contributed by atoms with E-state index >= 15 is 0 Å². The molecule has 1 aliphatic rings. The quantitative estimate of drug-likeness (QED) is 0.811. The summed E-state index contributed by atoms with van der Waals surface area (Å²) >= 11 is 0. The molecule has 1 amide bonds. The number of carbonyl (C=O) groups is 2. The molecule has 5 heteroatoms. The lowest BCUT2D eigenvalue weighted by molar-refractivity contribution is -0.147. The number of carboxylic acid groups (broad SMARTS) is 1. The molecule has 1 fully saturated rings. The van der Waals surface area contributed by atoms with Gasteiger partial charge in [0.05, 0.1) is 12.0 Å². The lowest BCUT2D eigenvalue weighted by Crippen LogP contribution is -2.52. The molecule has 1 saturated heterocycles. The zero-order chi connectivity index (χ0) is 13.9. The van der Waals surface area contributed by atoms with Crippen LogP contribution in [-0.2, 0) is 9.59 Å². The molecule has 1 unspecified atom stereocenters. The predicted octanol–water partition coefficient (Wildman–Crippen LogP) is 0.896. The number of likely N-dealkylation sites (tertiary alicyclic amines) is 1. The molecule has 0 aromatic carbocycles. The van der Waals surface area contributed by atoms with E-state index in [2.05, 4.69) is 0 Å². The summed E-state index contributed by atoms with van der Waals surface area (Å²) in [5.74, 6) is -0.922. The maximum absolute atomic E-state index is 12.4. The van der Waals surface area contributed by atoms with Crippen molar-refractivity contribution in [1.82, 2.24) is 9.80 Å². The summed E-state index contributed by atoms with van der Waals surface area (Å²) in [5.41, 5.74) is 0. The summed E-state index contributed by atoms with van der Waals surface area (Å²) in [5, 5.41) is 9.05. The first-order valence-electron chi connectivity index (χ1n) is 6.52. The second kappa shape index (κ2) is 6.18. The van der Waals surface area contributed by atoms with Crippen molar-refractivity contribution in [2.45, 2.75) is 32.7 Å². The number of carboxylic acids is 1. The topological polar surface area (TPSA) is 60.9 Å². The maximum atomic E-state index is 12.4. The fourth-order valence-corrected chi connectivity index (χ4v) is 2.67. The van der Waals surface area contributed by atoms with Crippen LogP contribution in [0.4, 0.5) is 0 Å². The third-order valence-electron chi connectivity index (χ3n) is 3.52.